The molecule has 2 N–H and O–H groups in total. The molecule has 1 amide bonds. The van der Waals surface area contributed by atoms with Gasteiger partial charge in [-0.3, -0.25) is 19.6 Å². The van der Waals surface area contributed by atoms with Gasteiger partial charge in [0.25, 0.3) is 21.6 Å². The fraction of sp³-hybridized carbons (Fsp3) is 0. The molecule has 148 valence electrons. The van der Waals surface area contributed by atoms with E-state index in [4.69, 9.17) is 0 Å². The Morgan fingerprint density at radius 1 is 0.931 bits per heavy atom. The van der Waals surface area contributed by atoms with Crippen LogP contribution >= 0.6 is 15.9 Å². The number of sulfonamides is 1. The lowest BCUT2D eigenvalue weighted by molar-refractivity contribution is -0.384. The van der Waals surface area contributed by atoms with Crippen LogP contribution in [0.1, 0.15) is 10.4 Å². The van der Waals surface area contributed by atoms with Crippen molar-refractivity contribution in [3.8, 4) is 0 Å². The normalized spacial score (nSPS) is 10.9. The first-order valence-corrected chi connectivity index (χ1v) is 10.5. The van der Waals surface area contributed by atoms with Crippen LogP contribution in [0.25, 0.3) is 0 Å². The quantitative estimate of drug-likeness (QED) is 0.404. The number of nitrogens with zero attached hydrogens (tertiary/aromatic N) is 1. The van der Waals surface area contributed by atoms with Gasteiger partial charge in [0, 0.05) is 33.5 Å². The zero-order chi connectivity index (χ0) is 21.0. The molecule has 0 saturated carbocycles. The number of nitrogens with one attached hydrogen (secondary N) is 2. The monoisotopic (exact) mass is 475 g/mol. The summed E-state index contributed by atoms with van der Waals surface area (Å²) < 4.78 is 28.2. The number of anilines is 2. The van der Waals surface area contributed by atoms with Crippen LogP contribution in [-0.2, 0) is 10.0 Å². The van der Waals surface area contributed by atoms with Crippen molar-refractivity contribution >= 4 is 48.9 Å². The zero-order valence-electron chi connectivity index (χ0n) is 14.7. The molecule has 0 aliphatic rings. The van der Waals surface area contributed by atoms with Crippen molar-refractivity contribution in [3.05, 3.63) is 92.9 Å². The van der Waals surface area contributed by atoms with Gasteiger partial charge in [-0.25, -0.2) is 8.42 Å². The van der Waals surface area contributed by atoms with Crippen LogP contribution in [0.15, 0.2) is 82.2 Å². The molecule has 0 bridgehead atoms. The Hall–Kier alpha value is -3.24. The van der Waals surface area contributed by atoms with E-state index in [1.54, 1.807) is 12.1 Å². The number of halogens is 1. The van der Waals surface area contributed by atoms with Crippen molar-refractivity contribution in [2.45, 2.75) is 4.90 Å². The molecule has 8 nitrogen and oxygen atoms in total. The van der Waals surface area contributed by atoms with Gasteiger partial charge in [-0.2, -0.15) is 0 Å². The van der Waals surface area contributed by atoms with Gasteiger partial charge in [0.1, 0.15) is 0 Å². The Kier molecular flexibility index (Phi) is 5.95. The standard InChI is InChI=1S/C19H14BrN3O5S/c20-14-7-9-18(10-8-14)29(27,28)22-16-5-1-3-13(11-16)19(24)21-15-4-2-6-17(12-15)23(25)26/h1-12,22H,(H,21,24). The minimum Gasteiger partial charge on any atom is -0.322 e. The van der Waals surface area contributed by atoms with Crippen molar-refractivity contribution < 1.29 is 18.1 Å². The third kappa shape index (κ3) is 5.18. The van der Waals surface area contributed by atoms with E-state index >= 15 is 0 Å². The second-order valence-electron chi connectivity index (χ2n) is 5.90. The van der Waals surface area contributed by atoms with E-state index in [1.165, 1.54) is 60.7 Å². The Labute approximate surface area is 174 Å². The molecule has 3 aromatic carbocycles. The SMILES string of the molecule is O=C(Nc1cccc([N+](=O)[O-])c1)c1cccc(NS(=O)(=O)c2ccc(Br)cc2)c1. The van der Waals surface area contributed by atoms with Gasteiger partial charge in [0.05, 0.1) is 9.82 Å². The summed E-state index contributed by atoms with van der Waals surface area (Å²) in [6, 6.07) is 17.6. The molecule has 0 spiro atoms. The molecule has 0 aliphatic carbocycles. The number of hydrogen-bond acceptors (Lipinski definition) is 5. The number of amides is 1. The molecule has 0 heterocycles. The second-order valence-corrected chi connectivity index (χ2v) is 8.50. The van der Waals surface area contributed by atoms with E-state index in [0.717, 1.165) is 4.47 Å². The third-order valence-electron chi connectivity index (χ3n) is 3.82. The van der Waals surface area contributed by atoms with Gasteiger partial charge < -0.3 is 5.32 Å². The first-order valence-electron chi connectivity index (χ1n) is 8.19. The summed E-state index contributed by atoms with van der Waals surface area (Å²) in [4.78, 5) is 22.8. The highest BCUT2D eigenvalue weighted by Crippen LogP contribution is 2.21. The molecule has 3 aromatic rings. The van der Waals surface area contributed by atoms with E-state index in [0.29, 0.717) is 0 Å². The largest absolute Gasteiger partial charge is 0.322 e. The summed E-state index contributed by atoms with van der Waals surface area (Å²) in [7, 11) is -3.82. The predicted octanol–water partition coefficient (Wildman–Crippen LogP) is 4.41. The molecule has 29 heavy (non-hydrogen) atoms. The number of benzene rings is 3. The molecule has 0 aromatic heterocycles. The number of non-ortho nitro benzene ring substituents is 1. The summed E-state index contributed by atoms with van der Waals surface area (Å²) in [6.45, 7) is 0. The van der Waals surface area contributed by atoms with Crippen LogP contribution in [0, 0.1) is 10.1 Å². The number of hydrogen-bond donors (Lipinski definition) is 2. The van der Waals surface area contributed by atoms with E-state index in [2.05, 4.69) is 26.0 Å². The first-order chi connectivity index (χ1) is 13.7. The van der Waals surface area contributed by atoms with Gasteiger partial charge in [-0.1, -0.05) is 28.1 Å². The summed E-state index contributed by atoms with van der Waals surface area (Å²) in [5.41, 5.74) is 0.496. The van der Waals surface area contributed by atoms with Crippen LogP contribution < -0.4 is 10.0 Å². The highest BCUT2D eigenvalue weighted by Gasteiger charge is 2.15. The second kappa shape index (κ2) is 8.41. The molecule has 0 atom stereocenters. The van der Waals surface area contributed by atoms with Crippen LogP contribution in [0.3, 0.4) is 0 Å². The molecule has 0 unspecified atom stereocenters. The average molecular weight is 476 g/mol. The van der Waals surface area contributed by atoms with Crippen molar-refractivity contribution in [3.63, 3.8) is 0 Å². The van der Waals surface area contributed by atoms with Gasteiger partial charge in [-0.15, -0.1) is 0 Å². The molecule has 3 rings (SSSR count). The van der Waals surface area contributed by atoms with Gasteiger partial charge in [0.15, 0.2) is 0 Å². The lowest BCUT2D eigenvalue weighted by atomic mass is 10.2. The highest BCUT2D eigenvalue weighted by atomic mass is 79.9. The predicted molar refractivity (Wildman–Crippen MR) is 112 cm³/mol. The fourth-order valence-electron chi connectivity index (χ4n) is 2.45. The number of rotatable bonds is 6. The van der Waals surface area contributed by atoms with Crippen LogP contribution in [-0.4, -0.2) is 19.2 Å². The van der Waals surface area contributed by atoms with E-state index in [9.17, 15) is 23.3 Å². The number of nitro groups is 1. The topological polar surface area (TPSA) is 118 Å². The van der Waals surface area contributed by atoms with Crippen molar-refractivity contribution in [2.75, 3.05) is 10.0 Å². The minimum absolute atomic E-state index is 0.0761. The summed E-state index contributed by atoms with van der Waals surface area (Å²) in [6.07, 6.45) is 0. The molecular formula is C19H14BrN3O5S. The Morgan fingerprint density at radius 3 is 2.28 bits per heavy atom. The Balaban J connectivity index is 1.78. The molecule has 0 fully saturated rings. The van der Waals surface area contributed by atoms with E-state index < -0.39 is 20.9 Å². The van der Waals surface area contributed by atoms with Crippen molar-refractivity contribution in [1.82, 2.24) is 0 Å². The number of carbonyl (C=O) groups is 1. The van der Waals surface area contributed by atoms with Gasteiger partial charge in [-0.05, 0) is 48.5 Å². The highest BCUT2D eigenvalue weighted by molar-refractivity contribution is 9.10. The van der Waals surface area contributed by atoms with Crippen molar-refractivity contribution in [2.24, 2.45) is 0 Å². The van der Waals surface area contributed by atoms with Gasteiger partial charge in [0.2, 0.25) is 0 Å². The van der Waals surface area contributed by atoms with Crippen molar-refractivity contribution in [1.29, 1.82) is 0 Å². The van der Waals surface area contributed by atoms with Crippen LogP contribution in [0.5, 0.6) is 0 Å². The van der Waals surface area contributed by atoms with Gasteiger partial charge >= 0.3 is 0 Å². The molecule has 0 radical (unpaired) electrons. The summed E-state index contributed by atoms with van der Waals surface area (Å²) in [5, 5.41) is 13.4. The van der Waals surface area contributed by atoms with E-state index in [1.807, 2.05) is 0 Å². The lowest BCUT2D eigenvalue weighted by Gasteiger charge is -2.10. The maximum absolute atomic E-state index is 12.5. The minimum atomic E-state index is -3.82. The molecule has 0 saturated heterocycles. The smallest absolute Gasteiger partial charge is 0.271 e. The molecule has 10 heteroatoms. The van der Waals surface area contributed by atoms with Crippen LogP contribution in [0.2, 0.25) is 0 Å². The zero-order valence-corrected chi connectivity index (χ0v) is 17.1. The Bertz CT molecular complexity index is 1180. The molecule has 0 aliphatic heterocycles. The lowest BCUT2D eigenvalue weighted by Crippen LogP contribution is -2.15. The summed E-state index contributed by atoms with van der Waals surface area (Å²) >= 11 is 3.25. The third-order valence-corrected chi connectivity index (χ3v) is 5.74. The Morgan fingerprint density at radius 2 is 1.59 bits per heavy atom. The fourth-order valence-corrected chi connectivity index (χ4v) is 3.77. The van der Waals surface area contributed by atoms with E-state index in [-0.39, 0.29) is 27.5 Å². The molecular weight excluding hydrogens is 462 g/mol. The maximum atomic E-state index is 12.5. The maximum Gasteiger partial charge on any atom is 0.271 e. The number of carbonyl (C=O) groups excluding carboxylic acids is 1. The van der Waals surface area contributed by atoms with Crippen LogP contribution in [0.4, 0.5) is 17.1 Å². The average Bonchev–Trinajstić information content (AvgIpc) is 2.68. The number of nitro benzene ring substituents is 1. The summed E-state index contributed by atoms with van der Waals surface area (Å²) in [5.74, 6) is -0.532. The first kappa shape index (κ1) is 20.5.